The van der Waals surface area contributed by atoms with Gasteiger partial charge in [-0.25, -0.2) is 9.59 Å². The number of esters is 1. The van der Waals surface area contributed by atoms with Crippen LogP contribution in [0.2, 0.25) is 0 Å². The summed E-state index contributed by atoms with van der Waals surface area (Å²) >= 11 is 0. The summed E-state index contributed by atoms with van der Waals surface area (Å²) in [6, 6.07) is 0.0520. The summed E-state index contributed by atoms with van der Waals surface area (Å²) < 4.78 is 10.4. The predicted molar refractivity (Wildman–Crippen MR) is 87.7 cm³/mol. The Kier molecular flexibility index (Phi) is 6.39. The first-order chi connectivity index (χ1) is 12.7. The Morgan fingerprint density at radius 3 is 2.07 bits per heavy atom. The van der Waals surface area contributed by atoms with Gasteiger partial charge in [0.05, 0.1) is 0 Å². The van der Waals surface area contributed by atoms with E-state index < -0.39 is 53.6 Å². The quantitative estimate of drug-likeness (QED) is 0.264. The van der Waals surface area contributed by atoms with Gasteiger partial charge in [-0.2, -0.15) is 0 Å². The molecule has 0 bridgehead atoms. The van der Waals surface area contributed by atoms with Crippen LogP contribution in [-0.4, -0.2) is 77.3 Å². The molecule has 0 amide bonds. The number of carbonyl (C=O) groups excluding carboxylic acids is 1. The highest BCUT2D eigenvalue weighted by Crippen LogP contribution is 2.37. The minimum absolute atomic E-state index is 0.0520. The second-order valence-corrected chi connectivity index (χ2v) is 6.79. The van der Waals surface area contributed by atoms with E-state index in [2.05, 4.69) is 10.6 Å². The summed E-state index contributed by atoms with van der Waals surface area (Å²) in [5.41, 5.74) is -1.10. The van der Waals surface area contributed by atoms with E-state index in [9.17, 15) is 29.4 Å². The number of rotatable bonds is 7. The van der Waals surface area contributed by atoms with Gasteiger partial charge in [-0.3, -0.25) is 14.9 Å². The molecule has 6 unspecified atom stereocenters. The van der Waals surface area contributed by atoms with Gasteiger partial charge in [0.15, 0.2) is 17.9 Å². The molecule has 1 heterocycles. The van der Waals surface area contributed by atoms with Crippen molar-refractivity contribution in [1.29, 1.82) is 0 Å². The third kappa shape index (κ3) is 4.20. The van der Waals surface area contributed by atoms with Gasteiger partial charge in [0.25, 0.3) is 0 Å². The number of hydrogen-bond acceptors (Lipinski definition) is 8. The van der Waals surface area contributed by atoms with Crippen molar-refractivity contribution in [3.63, 3.8) is 0 Å². The number of carboxylic acid groups (broad SMARTS) is 3. The fraction of sp³-hybridized carbons (Fsp3) is 0.750. The van der Waals surface area contributed by atoms with Gasteiger partial charge in [-0.05, 0) is 26.9 Å². The van der Waals surface area contributed by atoms with Crippen LogP contribution in [0.25, 0.3) is 0 Å². The lowest BCUT2D eigenvalue weighted by atomic mass is 9.85. The van der Waals surface area contributed by atoms with Crippen molar-refractivity contribution < 1.29 is 44.0 Å². The monoisotopic (exact) mass is 388 g/mol. The van der Waals surface area contributed by atoms with E-state index in [4.69, 9.17) is 14.6 Å². The lowest BCUT2D eigenvalue weighted by molar-refractivity contribution is -0.181. The molecule has 0 aromatic carbocycles. The molecule has 2 rings (SSSR count). The van der Waals surface area contributed by atoms with E-state index in [1.807, 2.05) is 0 Å². The minimum atomic E-state index is -1.96. The Morgan fingerprint density at radius 1 is 1.00 bits per heavy atom. The largest absolute Gasteiger partial charge is 0.481 e. The summed E-state index contributed by atoms with van der Waals surface area (Å²) in [6.07, 6.45) is -1.43. The molecule has 0 aromatic rings. The van der Waals surface area contributed by atoms with Gasteiger partial charge in [0, 0.05) is 18.9 Å². The molecule has 152 valence electrons. The first kappa shape index (κ1) is 21.1. The minimum Gasteiger partial charge on any atom is -0.481 e. The Morgan fingerprint density at radius 2 is 1.59 bits per heavy atom. The number of nitrogens with one attached hydrogen (secondary N) is 2. The maximum Gasteiger partial charge on any atom is 0.333 e. The molecule has 0 radical (unpaired) electrons. The highest BCUT2D eigenvalue weighted by Gasteiger charge is 2.59. The Balaban J connectivity index is 2.30. The molecule has 1 saturated carbocycles. The fourth-order valence-electron chi connectivity index (χ4n) is 3.79. The molecule has 0 spiro atoms. The summed E-state index contributed by atoms with van der Waals surface area (Å²) in [4.78, 5) is 47.1. The Bertz CT molecular complexity index is 625. The van der Waals surface area contributed by atoms with E-state index >= 15 is 0 Å². The van der Waals surface area contributed by atoms with Crippen molar-refractivity contribution in [3.05, 3.63) is 0 Å². The van der Waals surface area contributed by atoms with E-state index in [-0.39, 0.29) is 6.04 Å². The fourth-order valence-corrected chi connectivity index (χ4v) is 3.79. The van der Waals surface area contributed by atoms with Gasteiger partial charge in [-0.1, -0.05) is 0 Å². The molecule has 27 heavy (non-hydrogen) atoms. The number of hydrogen-bond donors (Lipinski definition) is 5. The molecule has 1 aliphatic heterocycles. The van der Waals surface area contributed by atoms with Gasteiger partial charge in [0.2, 0.25) is 0 Å². The molecule has 11 heteroatoms. The first-order valence-electron chi connectivity index (χ1n) is 8.58. The number of aliphatic carboxylic acids is 3. The van der Waals surface area contributed by atoms with Crippen molar-refractivity contribution in [3.8, 4) is 0 Å². The van der Waals surface area contributed by atoms with Crippen LogP contribution >= 0.6 is 0 Å². The van der Waals surface area contributed by atoms with Gasteiger partial charge in [0.1, 0.15) is 11.8 Å². The average molecular weight is 388 g/mol. The second kappa shape index (κ2) is 8.19. The summed E-state index contributed by atoms with van der Waals surface area (Å²) in [7, 11) is 3.35. The SMILES string of the molecule is CNC1CCCC(NC)(OC(=O)C2C(C(=O)O)OC(C(=O)O)C2C(=O)O)C1. The highest BCUT2D eigenvalue weighted by atomic mass is 16.6. The smallest absolute Gasteiger partial charge is 0.333 e. The number of carboxylic acids is 3. The molecule has 1 saturated heterocycles. The molecular formula is C16H24N2O9. The lowest BCUT2D eigenvalue weighted by Crippen LogP contribution is -2.55. The van der Waals surface area contributed by atoms with Crippen molar-refractivity contribution in [2.75, 3.05) is 14.1 Å². The standard InChI is InChI=1S/C16H24N2O9/c1-17-7-4-3-5-16(6-7,18-2)27-15(25)9-8(12(19)20)10(13(21)22)26-11(9)14(23)24/h7-11,17-18H,3-6H2,1-2H3,(H,19,20)(H,21,22)(H,23,24). The predicted octanol–water partition coefficient (Wildman–Crippen LogP) is -1.14. The topological polar surface area (TPSA) is 171 Å². The summed E-state index contributed by atoms with van der Waals surface area (Å²) in [5.74, 6) is -9.66. The van der Waals surface area contributed by atoms with Crippen LogP contribution < -0.4 is 10.6 Å². The molecular weight excluding hydrogens is 364 g/mol. The molecule has 11 nitrogen and oxygen atoms in total. The Hall–Kier alpha value is -2.24. The Labute approximate surface area is 155 Å². The number of ether oxygens (including phenoxy) is 2. The lowest BCUT2D eigenvalue weighted by Gasteiger charge is -2.40. The van der Waals surface area contributed by atoms with Crippen molar-refractivity contribution in [1.82, 2.24) is 10.6 Å². The van der Waals surface area contributed by atoms with Crippen LogP contribution in [0.5, 0.6) is 0 Å². The molecule has 0 aromatic heterocycles. The van der Waals surface area contributed by atoms with Crippen molar-refractivity contribution in [2.24, 2.45) is 11.8 Å². The van der Waals surface area contributed by atoms with E-state index in [0.717, 1.165) is 12.8 Å². The summed E-state index contributed by atoms with van der Waals surface area (Å²) in [6.45, 7) is 0. The van der Waals surface area contributed by atoms with Gasteiger partial charge < -0.3 is 30.1 Å². The third-order valence-electron chi connectivity index (χ3n) is 5.25. The zero-order valence-corrected chi connectivity index (χ0v) is 15.0. The summed E-state index contributed by atoms with van der Waals surface area (Å²) in [5, 5.41) is 33.9. The zero-order chi connectivity index (χ0) is 20.4. The van der Waals surface area contributed by atoms with Crippen molar-refractivity contribution in [2.45, 2.75) is 49.7 Å². The van der Waals surface area contributed by atoms with E-state index in [1.165, 1.54) is 0 Å². The second-order valence-electron chi connectivity index (χ2n) is 6.79. The zero-order valence-electron chi connectivity index (χ0n) is 15.0. The van der Waals surface area contributed by atoms with E-state index in [0.29, 0.717) is 12.8 Å². The van der Waals surface area contributed by atoms with Crippen LogP contribution in [0.3, 0.4) is 0 Å². The average Bonchev–Trinajstić information content (AvgIpc) is 3.03. The van der Waals surface area contributed by atoms with Crippen LogP contribution in [0.4, 0.5) is 0 Å². The van der Waals surface area contributed by atoms with Crippen LogP contribution in [0, 0.1) is 11.8 Å². The van der Waals surface area contributed by atoms with Gasteiger partial charge >= 0.3 is 23.9 Å². The van der Waals surface area contributed by atoms with Crippen LogP contribution in [-0.2, 0) is 28.7 Å². The molecule has 2 aliphatic rings. The normalized spacial score (nSPS) is 36.1. The third-order valence-corrected chi connectivity index (χ3v) is 5.25. The van der Waals surface area contributed by atoms with Crippen LogP contribution in [0.15, 0.2) is 0 Å². The molecule has 5 N–H and O–H groups in total. The first-order valence-corrected chi connectivity index (χ1v) is 8.58. The molecule has 1 aliphatic carbocycles. The highest BCUT2D eigenvalue weighted by molar-refractivity contribution is 5.93. The number of carbonyl (C=O) groups is 4. The van der Waals surface area contributed by atoms with Crippen LogP contribution in [0.1, 0.15) is 25.7 Å². The maximum absolute atomic E-state index is 12.8. The maximum atomic E-state index is 12.8. The molecule has 2 fully saturated rings. The molecule has 6 atom stereocenters. The van der Waals surface area contributed by atoms with Gasteiger partial charge in [-0.15, -0.1) is 0 Å². The van der Waals surface area contributed by atoms with E-state index in [1.54, 1.807) is 14.1 Å². The van der Waals surface area contributed by atoms with Crippen molar-refractivity contribution >= 4 is 23.9 Å².